The summed E-state index contributed by atoms with van der Waals surface area (Å²) < 4.78 is 7.03. The Morgan fingerprint density at radius 2 is 2.13 bits per heavy atom. The van der Waals surface area contributed by atoms with Gasteiger partial charge in [-0.3, -0.25) is 4.90 Å². The predicted molar refractivity (Wildman–Crippen MR) is 92.3 cm³/mol. The van der Waals surface area contributed by atoms with E-state index in [0.29, 0.717) is 11.8 Å². The van der Waals surface area contributed by atoms with Crippen LogP contribution in [0.4, 0.5) is 0 Å². The zero-order chi connectivity index (χ0) is 15.8. The third kappa shape index (κ3) is 2.87. The lowest BCUT2D eigenvalue weighted by atomic mass is 9.86. The highest BCUT2D eigenvalue weighted by Crippen LogP contribution is 2.42. The van der Waals surface area contributed by atoms with E-state index in [1.165, 1.54) is 11.1 Å². The fourth-order valence-electron chi connectivity index (χ4n) is 3.74. The first-order valence-corrected chi connectivity index (χ1v) is 8.66. The van der Waals surface area contributed by atoms with Crippen LogP contribution >= 0.6 is 15.9 Å². The molecule has 0 saturated carbocycles. The van der Waals surface area contributed by atoms with E-state index in [9.17, 15) is 0 Å². The summed E-state index contributed by atoms with van der Waals surface area (Å²) in [4.78, 5) is 2.49. The van der Waals surface area contributed by atoms with Crippen LogP contribution in [0.25, 0.3) is 0 Å². The Bertz CT molecular complexity index is 783. The van der Waals surface area contributed by atoms with E-state index >= 15 is 0 Å². The van der Waals surface area contributed by atoms with Gasteiger partial charge in [0.15, 0.2) is 0 Å². The molecule has 1 saturated heterocycles. The molecule has 0 aromatic heterocycles. The fraction of sp³-hybridized carbons (Fsp3) is 0.316. The Balaban J connectivity index is 1.56. The molecule has 1 fully saturated rings. The Labute approximate surface area is 144 Å². The maximum absolute atomic E-state index is 9.15. The highest BCUT2D eigenvalue weighted by molar-refractivity contribution is 9.10. The predicted octanol–water partition coefficient (Wildman–Crippen LogP) is 3.93. The highest BCUT2D eigenvalue weighted by Gasteiger charge is 2.38. The molecule has 23 heavy (non-hydrogen) atoms. The molecule has 0 amide bonds. The smallest absolute Gasteiger partial charge is 0.122 e. The van der Waals surface area contributed by atoms with E-state index in [2.05, 4.69) is 51.2 Å². The molecule has 0 aliphatic carbocycles. The molecule has 4 rings (SSSR count). The monoisotopic (exact) mass is 368 g/mol. The van der Waals surface area contributed by atoms with Gasteiger partial charge in [0, 0.05) is 41.5 Å². The number of hydrogen-bond donors (Lipinski definition) is 0. The second kappa shape index (κ2) is 5.99. The summed E-state index contributed by atoms with van der Waals surface area (Å²) in [5, 5.41) is 9.15. The summed E-state index contributed by atoms with van der Waals surface area (Å²) in [6.45, 7) is 3.81. The normalized spacial score (nSPS) is 22.8. The molecular formula is C19H17BrN2O. The quantitative estimate of drug-likeness (QED) is 0.805. The molecule has 2 aliphatic rings. The minimum Gasteiger partial charge on any atom is -0.493 e. The zero-order valence-electron chi connectivity index (χ0n) is 12.7. The van der Waals surface area contributed by atoms with Crippen LogP contribution in [-0.2, 0) is 6.54 Å². The third-order valence-corrected chi connectivity index (χ3v) is 5.30. The average Bonchev–Trinajstić information content (AvgIpc) is 2.97. The van der Waals surface area contributed by atoms with Crippen molar-refractivity contribution in [1.29, 1.82) is 5.26 Å². The number of rotatable bonds is 2. The molecule has 2 atom stereocenters. The molecule has 4 heteroatoms. The van der Waals surface area contributed by atoms with Gasteiger partial charge >= 0.3 is 0 Å². The molecule has 0 unspecified atom stereocenters. The van der Waals surface area contributed by atoms with Crippen LogP contribution in [-0.4, -0.2) is 24.6 Å². The minimum atomic E-state index is 0.471. The second-order valence-electron chi connectivity index (χ2n) is 6.37. The van der Waals surface area contributed by atoms with Crippen molar-refractivity contribution < 1.29 is 4.74 Å². The Morgan fingerprint density at radius 1 is 1.22 bits per heavy atom. The van der Waals surface area contributed by atoms with E-state index in [4.69, 9.17) is 10.00 Å². The summed E-state index contributed by atoms with van der Waals surface area (Å²) in [7, 11) is 0. The third-order valence-electron chi connectivity index (χ3n) is 4.80. The van der Waals surface area contributed by atoms with E-state index < -0.39 is 0 Å². The fourth-order valence-corrected chi connectivity index (χ4v) is 4.19. The van der Waals surface area contributed by atoms with Crippen LogP contribution in [0.1, 0.15) is 22.6 Å². The van der Waals surface area contributed by atoms with Crippen LogP contribution in [0.3, 0.4) is 0 Å². The number of ether oxygens (including phenoxy) is 1. The van der Waals surface area contributed by atoms with Crippen LogP contribution < -0.4 is 4.74 Å². The van der Waals surface area contributed by atoms with Crippen molar-refractivity contribution >= 4 is 15.9 Å². The van der Waals surface area contributed by atoms with E-state index in [-0.39, 0.29) is 0 Å². The van der Waals surface area contributed by atoms with Gasteiger partial charge in [0.05, 0.1) is 18.2 Å². The lowest BCUT2D eigenvalue weighted by Crippen LogP contribution is -2.25. The van der Waals surface area contributed by atoms with E-state index in [1.807, 2.05) is 18.2 Å². The van der Waals surface area contributed by atoms with Gasteiger partial charge in [0.25, 0.3) is 0 Å². The molecule has 3 nitrogen and oxygen atoms in total. The summed E-state index contributed by atoms with van der Waals surface area (Å²) in [5.41, 5.74) is 3.25. The van der Waals surface area contributed by atoms with Gasteiger partial charge < -0.3 is 4.74 Å². The summed E-state index contributed by atoms with van der Waals surface area (Å²) >= 11 is 3.54. The van der Waals surface area contributed by atoms with Crippen LogP contribution in [0, 0.1) is 17.2 Å². The number of likely N-dealkylation sites (tertiary alicyclic amines) is 1. The number of fused-ring (bicyclic) bond motifs is 3. The number of halogens is 1. The van der Waals surface area contributed by atoms with Crippen molar-refractivity contribution in [2.75, 3.05) is 19.7 Å². The van der Waals surface area contributed by atoms with Crippen molar-refractivity contribution in [3.8, 4) is 11.8 Å². The molecule has 2 aliphatic heterocycles. The van der Waals surface area contributed by atoms with Crippen molar-refractivity contribution in [3.05, 3.63) is 63.6 Å². The average molecular weight is 369 g/mol. The van der Waals surface area contributed by atoms with Crippen molar-refractivity contribution in [2.24, 2.45) is 5.92 Å². The largest absolute Gasteiger partial charge is 0.493 e. The number of benzene rings is 2. The van der Waals surface area contributed by atoms with Crippen LogP contribution in [0.5, 0.6) is 5.75 Å². The first-order valence-electron chi connectivity index (χ1n) is 7.86. The van der Waals surface area contributed by atoms with Gasteiger partial charge in [-0.05, 0) is 35.9 Å². The standard InChI is InChI=1S/C19H17BrN2O/c20-16-3-1-2-14(6-16)9-22-10-15-12-23-19-5-4-13(8-21)7-17(19)18(15)11-22/h1-7,15,18H,9-12H2/t15-,18+/m1/s1. The lowest BCUT2D eigenvalue weighted by Gasteiger charge is -2.27. The molecule has 0 radical (unpaired) electrons. The van der Waals surface area contributed by atoms with Crippen molar-refractivity contribution in [3.63, 3.8) is 0 Å². The topological polar surface area (TPSA) is 36.3 Å². The molecule has 0 bridgehead atoms. The van der Waals surface area contributed by atoms with Gasteiger partial charge in [-0.25, -0.2) is 0 Å². The highest BCUT2D eigenvalue weighted by atomic mass is 79.9. The van der Waals surface area contributed by atoms with Crippen molar-refractivity contribution in [1.82, 2.24) is 4.90 Å². The van der Waals surface area contributed by atoms with E-state index in [1.54, 1.807) is 0 Å². The van der Waals surface area contributed by atoms with Gasteiger partial charge in [-0.2, -0.15) is 5.26 Å². The molecule has 0 N–H and O–H groups in total. The van der Waals surface area contributed by atoms with Gasteiger partial charge in [-0.1, -0.05) is 28.1 Å². The molecule has 116 valence electrons. The van der Waals surface area contributed by atoms with Gasteiger partial charge in [0.1, 0.15) is 5.75 Å². The van der Waals surface area contributed by atoms with Gasteiger partial charge in [-0.15, -0.1) is 0 Å². The Kier molecular flexibility index (Phi) is 3.84. The zero-order valence-corrected chi connectivity index (χ0v) is 14.3. The Hall–Kier alpha value is -1.83. The summed E-state index contributed by atoms with van der Waals surface area (Å²) in [6.07, 6.45) is 0. The van der Waals surface area contributed by atoms with E-state index in [0.717, 1.165) is 42.0 Å². The van der Waals surface area contributed by atoms with Crippen LogP contribution in [0.15, 0.2) is 46.9 Å². The molecule has 0 spiro atoms. The minimum absolute atomic E-state index is 0.471. The lowest BCUT2D eigenvalue weighted by molar-refractivity contribution is 0.212. The van der Waals surface area contributed by atoms with Crippen LogP contribution in [0.2, 0.25) is 0 Å². The summed E-state index contributed by atoms with van der Waals surface area (Å²) in [6, 6.07) is 16.5. The molecule has 2 heterocycles. The molecule has 2 aromatic carbocycles. The first-order chi connectivity index (χ1) is 11.2. The second-order valence-corrected chi connectivity index (χ2v) is 7.28. The maximum Gasteiger partial charge on any atom is 0.122 e. The molecule has 2 aromatic rings. The Morgan fingerprint density at radius 3 is 2.96 bits per heavy atom. The number of hydrogen-bond acceptors (Lipinski definition) is 3. The van der Waals surface area contributed by atoms with Gasteiger partial charge in [0.2, 0.25) is 0 Å². The number of nitriles is 1. The SMILES string of the molecule is N#Cc1ccc2c(c1)[C@H]1CN(Cc3cccc(Br)c3)C[C@@H]1CO2. The van der Waals surface area contributed by atoms with Crippen molar-refractivity contribution in [2.45, 2.75) is 12.5 Å². The summed E-state index contributed by atoms with van der Waals surface area (Å²) in [5.74, 6) is 1.94. The number of nitrogens with zero attached hydrogens (tertiary/aromatic N) is 2. The maximum atomic E-state index is 9.15. The molecular weight excluding hydrogens is 352 g/mol. The first kappa shape index (κ1) is 14.7.